The lowest BCUT2D eigenvalue weighted by atomic mass is 10.2. The molecule has 0 aromatic carbocycles. The van der Waals surface area contributed by atoms with Gasteiger partial charge in [0.2, 0.25) is 0 Å². The van der Waals surface area contributed by atoms with Gasteiger partial charge in [0, 0.05) is 18.7 Å². The first-order chi connectivity index (χ1) is 5.45. The first-order valence-corrected chi connectivity index (χ1v) is 3.66. The summed E-state index contributed by atoms with van der Waals surface area (Å²) in [6, 6.07) is 0. The number of rotatable bonds is 3. The summed E-state index contributed by atoms with van der Waals surface area (Å²) >= 11 is 0. The maximum Gasteiger partial charge on any atom is 0.129 e. The molecule has 1 aliphatic heterocycles. The third-order valence-corrected chi connectivity index (χ3v) is 1.71. The van der Waals surface area contributed by atoms with Gasteiger partial charge in [0.1, 0.15) is 6.26 Å². The minimum atomic E-state index is 0.380. The fraction of sp³-hybridized carbons (Fsp3) is 0.571. The SMILES string of the molecule is c1nocc1COC1CNC1. The molecule has 0 atom stereocenters. The van der Waals surface area contributed by atoms with E-state index in [0.29, 0.717) is 12.7 Å². The van der Waals surface area contributed by atoms with Crippen LogP contribution < -0.4 is 5.32 Å². The molecule has 0 aliphatic carbocycles. The van der Waals surface area contributed by atoms with E-state index in [0.717, 1.165) is 18.7 Å². The fourth-order valence-corrected chi connectivity index (χ4v) is 0.892. The molecule has 1 saturated heterocycles. The molecule has 11 heavy (non-hydrogen) atoms. The van der Waals surface area contributed by atoms with Crippen LogP contribution in [0.4, 0.5) is 0 Å². The Morgan fingerprint density at radius 3 is 3.18 bits per heavy atom. The van der Waals surface area contributed by atoms with E-state index in [4.69, 9.17) is 4.74 Å². The molecule has 0 amide bonds. The highest BCUT2D eigenvalue weighted by Gasteiger charge is 2.16. The highest BCUT2D eigenvalue weighted by atomic mass is 16.5. The van der Waals surface area contributed by atoms with Crippen LogP contribution in [0.25, 0.3) is 0 Å². The van der Waals surface area contributed by atoms with Gasteiger partial charge in [-0.1, -0.05) is 5.16 Å². The Morgan fingerprint density at radius 1 is 1.73 bits per heavy atom. The van der Waals surface area contributed by atoms with Crippen LogP contribution in [-0.4, -0.2) is 24.4 Å². The number of ether oxygens (including phenoxy) is 1. The van der Waals surface area contributed by atoms with E-state index in [2.05, 4.69) is 15.0 Å². The van der Waals surface area contributed by atoms with Gasteiger partial charge in [-0.2, -0.15) is 0 Å². The van der Waals surface area contributed by atoms with Gasteiger partial charge in [0.05, 0.1) is 18.9 Å². The Morgan fingerprint density at radius 2 is 2.64 bits per heavy atom. The molecule has 0 saturated carbocycles. The number of hydrogen-bond donors (Lipinski definition) is 1. The van der Waals surface area contributed by atoms with Crippen LogP contribution in [0, 0.1) is 0 Å². The standard InChI is InChI=1S/C7H10N2O2/c1-6(5-11-9-1)4-10-7-2-8-3-7/h1,5,7-8H,2-4H2. The molecule has 2 rings (SSSR count). The molecule has 1 aromatic rings. The second-order valence-corrected chi connectivity index (χ2v) is 2.62. The Hall–Kier alpha value is -0.870. The average molecular weight is 154 g/mol. The maximum absolute atomic E-state index is 5.46. The molecule has 4 nitrogen and oxygen atoms in total. The molecule has 0 spiro atoms. The molecule has 0 bridgehead atoms. The van der Waals surface area contributed by atoms with Crippen molar-refractivity contribution < 1.29 is 9.26 Å². The zero-order valence-corrected chi connectivity index (χ0v) is 6.12. The van der Waals surface area contributed by atoms with Crippen LogP contribution in [0.15, 0.2) is 17.0 Å². The van der Waals surface area contributed by atoms with E-state index >= 15 is 0 Å². The smallest absolute Gasteiger partial charge is 0.129 e. The van der Waals surface area contributed by atoms with Gasteiger partial charge in [-0.15, -0.1) is 0 Å². The summed E-state index contributed by atoms with van der Waals surface area (Å²) in [5.41, 5.74) is 0.997. The average Bonchev–Trinajstić information content (AvgIpc) is 2.36. The van der Waals surface area contributed by atoms with Crippen LogP contribution >= 0.6 is 0 Å². The predicted octanol–water partition coefficient (Wildman–Crippen LogP) is 0.163. The summed E-state index contributed by atoms with van der Waals surface area (Å²) in [7, 11) is 0. The van der Waals surface area contributed by atoms with Gasteiger partial charge in [0.25, 0.3) is 0 Å². The fourth-order valence-electron chi connectivity index (χ4n) is 0.892. The first-order valence-electron chi connectivity index (χ1n) is 3.66. The van der Waals surface area contributed by atoms with Crippen molar-refractivity contribution in [1.82, 2.24) is 10.5 Å². The molecular formula is C7H10N2O2. The van der Waals surface area contributed by atoms with E-state index in [1.165, 1.54) is 0 Å². The summed E-state index contributed by atoms with van der Waals surface area (Å²) < 4.78 is 10.1. The molecule has 60 valence electrons. The minimum absolute atomic E-state index is 0.380. The second kappa shape index (κ2) is 3.02. The van der Waals surface area contributed by atoms with Crippen molar-refractivity contribution in [3.8, 4) is 0 Å². The molecule has 1 aromatic heterocycles. The molecule has 0 radical (unpaired) electrons. The van der Waals surface area contributed by atoms with Crippen molar-refractivity contribution in [3.05, 3.63) is 18.0 Å². The monoisotopic (exact) mass is 154 g/mol. The molecule has 1 fully saturated rings. The summed E-state index contributed by atoms with van der Waals surface area (Å²) in [6.07, 6.45) is 3.66. The van der Waals surface area contributed by atoms with Crippen LogP contribution in [-0.2, 0) is 11.3 Å². The molecule has 2 heterocycles. The van der Waals surface area contributed by atoms with Crippen LogP contribution in [0.3, 0.4) is 0 Å². The Bertz CT molecular complexity index is 206. The van der Waals surface area contributed by atoms with Crippen LogP contribution in [0.5, 0.6) is 0 Å². The summed E-state index contributed by atoms with van der Waals surface area (Å²) in [5.74, 6) is 0. The normalized spacial score (nSPS) is 18.2. The maximum atomic E-state index is 5.46. The summed E-state index contributed by atoms with van der Waals surface area (Å²) in [4.78, 5) is 0. The van der Waals surface area contributed by atoms with Gasteiger partial charge in [-0.25, -0.2) is 0 Å². The van der Waals surface area contributed by atoms with Crippen molar-refractivity contribution in [1.29, 1.82) is 0 Å². The quantitative estimate of drug-likeness (QED) is 0.673. The van der Waals surface area contributed by atoms with Gasteiger partial charge < -0.3 is 14.6 Å². The van der Waals surface area contributed by atoms with Gasteiger partial charge in [-0.05, 0) is 0 Å². The van der Waals surface area contributed by atoms with Crippen LogP contribution in [0.1, 0.15) is 5.56 Å². The largest absolute Gasteiger partial charge is 0.371 e. The number of nitrogens with one attached hydrogen (secondary N) is 1. The molecule has 0 unspecified atom stereocenters. The van der Waals surface area contributed by atoms with E-state index in [1.54, 1.807) is 12.5 Å². The van der Waals surface area contributed by atoms with E-state index < -0.39 is 0 Å². The third kappa shape index (κ3) is 1.58. The summed E-state index contributed by atoms with van der Waals surface area (Å²) in [6.45, 7) is 2.53. The Labute approximate surface area is 64.5 Å². The van der Waals surface area contributed by atoms with Gasteiger partial charge in [-0.3, -0.25) is 0 Å². The Balaban J connectivity index is 1.74. The van der Waals surface area contributed by atoms with Crippen molar-refractivity contribution >= 4 is 0 Å². The Kier molecular flexibility index (Phi) is 1.87. The molecular weight excluding hydrogens is 144 g/mol. The predicted molar refractivity (Wildman–Crippen MR) is 37.9 cm³/mol. The second-order valence-electron chi connectivity index (χ2n) is 2.62. The molecule has 1 aliphatic rings. The van der Waals surface area contributed by atoms with E-state index in [-0.39, 0.29) is 0 Å². The minimum Gasteiger partial charge on any atom is -0.371 e. The summed E-state index contributed by atoms with van der Waals surface area (Å²) in [5, 5.41) is 6.70. The van der Waals surface area contributed by atoms with E-state index in [1.807, 2.05) is 0 Å². The van der Waals surface area contributed by atoms with Gasteiger partial charge in [0.15, 0.2) is 0 Å². The third-order valence-electron chi connectivity index (χ3n) is 1.71. The van der Waals surface area contributed by atoms with Crippen molar-refractivity contribution in [2.45, 2.75) is 12.7 Å². The lowest BCUT2D eigenvalue weighted by Crippen LogP contribution is -2.48. The zero-order valence-electron chi connectivity index (χ0n) is 6.12. The van der Waals surface area contributed by atoms with Gasteiger partial charge >= 0.3 is 0 Å². The highest BCUT2D eigenvalue weighted by Crippen LogP contribution is 2.04. The number of hydrogen-bond acceptors (Lipinski definition) is 4. The van der Waals surface area contributed by atoms with Crippen molar-refractivity contribution in [2.75, 3.05) is 13.1 Å². The molecule has 4 heteroatoms. The molecule has 1 N–H and O–H groups in total. The first kappa shape index (κ1) is 6.82. The van der Waals surface area contributed by atoms with Crippen LogP contribution in [0.2, 0.25) is 0 Å². The highest BCUT2D eigenvalue weighted by molar-refractivity contribution is 4.97. The van der Waals surface area contributed by atoms with Crippen molar-refractivity contribution in [3.63, 3.8) is 0 Å². The topological polar surface area (TPSA) is 47.3 Å². The van der Waals surface area contributed by atoms with Crippen molar-refractivity contribution in [2.24, 2.45) is 0 Å². The number of aromatic nitrogens is 1. The number of nitrogens with zero attached hydrogens (tertiary/aromatic N) is 1. The lowest BCUT2D eigenvalue weighted by molar-refractivity contribution is 0.00739. The van der Waals surface area contributed by atoms with E-state index in [9.17, 15) is 0 Å². The zero-order chi connectivity index (χ0) is 7.52. The lowest BCUT2D eigenvalue weighted by Gasteiger charge is -2.26.